The van der Waals surface area contributed by atoms with E-state index in [4.69, 9.17) is 4.74 Å². The first-order chi connectivity index (χ1) is 9.65. The van der Waals surface area contributed by atoms with Gasteiger partial charge in [0, 0.05) is 19.8 Å². The van der Waals surface area contributed by atoms with Crippen LogP contribution in [-0.4, -0.2) is 34.1 Å². The Labute approximate surface area is 119 Å². The summed E-state index contributed by atoms with van der Waals surface area (Å²) in [6, 6.07) is 9.93. The Bertz CT molecular complexity index is 525. The highest BCUT2D eigenvalue weighted by atomic mass is 16.5. The molecule has 20 heavy (non-hydrogen) atoms. The van der Waals surface area contributed by atoms with Gasteiger partial charge in [0.1, 0.15) is 0 Å². The average Bonchev–Trinajstić information content (AvgIpc) is 2.76. The van der Waals surface area contributed by atoms with E-state index < -0.39 is 6.10 Å². The molecule has 2 N–H and O–H groups in total. The van der Waals surface area contributed by atoms with Crippen molar-refractivity contribution in [3.63, 3.8) is 0 Å². The molecule has 0 aliphatic carbocycles. The summed E-state index contributed by atoms with van der Waals surface area (Å²) in [4.78, 5) is 0. The second-order valence-corrected chi connectivity index (χ2v) is 4.84. The summed E-state index contributed by atoms with van der Waals surface area (Å²) in [6.45, 7) is 3.20. The molecule has 1 aromatic carbocycles. The molecule has 0 aliphatic rings. The van der Waals surface area contributed by atoms with Crippen LogP contribution in [-0.2, 0) is 18.4 Å². The van der Waals surface area contributed by atoms with Crippen LogP contribution in [0.5, 0.6) is 0 Å². The molecule has 108 valence electrons. The molecule has 5 nitrogen and oxygen atoms in total. The van der Waals surface area contributed by atoms with Crippen LogP contribution >= 0.6 is 0 Å². The van der Waals surface area contributed by atoms with Crippen LogP contribution in [0, 0.1) is 6.92 Å². The number of aryl methyl sites for hydroxylation is 2. The van der Waals surface area contributed by atoms with Crippen molar-refractivity contribution in [3.05, 3.63) is 47.8 Å². The quantitative estimate of drug-likeness (QED) is 0.808. The third kappa shape index (κ3) is 4.36. The SMILES string of the molecule is Cc1nn(C)cc1NCC(O)COCc1ccccc1. The topological polar surface area (TPSA) is 59.3 Å². The van der Waals surface area contributed by atoms with Crippen molar-refractivity contribution in [1.29, 1.82) is 0 Å². The minimum atomic E-state index is -0.543. The normalized spacial score (nSPS) is 12.3. The van der Waals surface area contributed by atoms with Gasteiger partial charge in [-0.15, -0.1) is 0 Å². The summed E-state index contributed by atoms with van der Waals surface area (Å²) >= 11 is 0. The number of aliphatic hydroxyl groups is 1. The summed E-state index contributed by atoms with van der Waals surface area (Å²) in [6.07, 6.45) is 1.35. The minimum absolute atomic E-state index is 0.307. The minimum Gasteiger partial charge on any atom is -0.389 e. The number of hydrogen-bond donors (Lipinski definition) is 2. The lowest BCUT2D eigenvalue weighted by Crippen LogP contribution is -2.24. The number of hydrogen-bond acceptors (Lipinski definition) is 4. The number of ether oxygens (including phenoxy) is 1. The van der Waals surface area contributed by atoms with Gasteiger partial charge < -0.3 is 15.2 Å². The van der Waals surface area contributed by atoms with Gasteiger partial charge in [0.2, 0.25) is 0 Å². The van der Waals surface area contributed by atoms with Crippen molar-refractivity contribution in [3.8, 4) is 0 Å². The first-order valence-electron chi connectivity index (χ1n) is 6.69. The summed E-state index contributed by atoms with van der Waals surface area (Å²) < 4.78 is 7.24. The number of anilines is 1. The van der Waals surface area contributed by atoms with E-state index in [1.165, 1.54) is 0 Å². The van der Waals surface area contributed by atoms with Crippen LogP contribution < -0.4 is 5.32 Å². The van der Waals surface area contributed by atoms with E-state index in [1.54, 1.807) is 4.68 Å². The van der Waals surface area contributed by atoms with Gasteiger partial charge in [-0.3, -0.25) is 4.68 Å². The van der Waals surface area contributed by atoms with E-state index in [1.807, 2.05) is 50.5 Å². The van der Waals surface area contributed by atoms with Crippen LogP contribution in [0.4, 0.5) is 5.69 Å². The first kappa shape index (κ1) is 14.6. The highest BCUT2D eigenvalue weighted by molar-refractivity contribution is 5.45. The molecule has 0 fully saturated rings. The number of nitrogens with one attached hydrogen (secondary N) is 1. The fraction of sp³-hybridized carbons (Fsp3) is 0.400. The van der Waals surface area contributed by atoms with Gasteiger partial charge in [0.25, 0.3) is 0 Å². The van der Waals surface area contributed by atoms with E-state index in [0.717, 1.165) is 16.9 Å². The maximum absolute atomic E-state index is 9.87. The predicted molar refractivity (Wildman–Crippen MR) is 78.5 cm³/mol. The Balaban J connectivity index is 1.68. The largest absolute Gasteiger partial charge is 0.389 e. The maximum Gasteiger partial charge on any atom is 0.0945 e. The average molecular weight is 275 g/mol. The smallest absolute Gasteiger partial charge is 0.0945 e. The molecule has 0 bridgehead atoms. The number of rotatable bonds is 7. The highest BCUT2D eigenvalue weighted by Gasteiger charge is 2.07. The lowest BCUT2D eigenvalue weighted by atomic mass is 10.2. The predicted octanol–water partition coefficient (Wildman–Crippen LogP) is 1.72. The molecule has 1 aromatic heterocycles. The van der Waals surface area contributed by atoms with Gasteiger partial charge in [-0.1, -0.05) is 30.3 Å². The zero-order valence-corrected chi connectivity index (χ0v) is 11.9. The summed E-state index contributed by atoms with van der Waals surface area (Å²) in [5, 5.41) is 17.3. The number of aliphatic hydroxyl groups excluding tert-OH is 1. The van der Waals surface area contributed by atoms with Gasteiger partial charge in [0.05, 0.1) is 30.7 Å². The van der Waals surface area contributed by atoms with Crippen molar-refractivity contribution in [2.24, 2.45) is 7.05 Å². The van der Waals surface area contributed by atoms with E-state index in [9.17, 15) is 5.11 Å². The van der Waals surface area contributed by atoms with Crippen LogP contribution in [0.3, 0.4) is 0 Å². The molecular weight excluding hydrogens is 254 g/mol. The molecule has 1 heterocycles. The molecule has 1 unspecified atom stereocenters. The Morgan fingerprint density at radius 1 is 1.35 bits per heavy atom. The Kier molecular flexibility index (Phi) is 5.15. The zero-order valence-electron chi connectivity index (χ0n) is 11.9. The summed E-state index contributed by atoms with van der Waals surface area (Å²) in [5.41, 5.74) is 2.97. The van der Waals surface area contributed by atoms with Crippen molar-refractivity contribution >= 4 is 5.69 Å². The molecule has 1 atom stereocenters. The molecular formula is C15H21N3O2. The monoisotopic (exact) mass is 275 g/mol. The lowest BCUT2D eigenvalue weighted by molar-refractivity contribution is 0.0348. The summed E-state index contributed by atoms with van der Waals surface area (Å²) in [5.74, 6) is 0. The molecule has 0 radical (unpaired) electrons. The van der Waals surface area contributed by atoms with Gasteiger partial charge in [0.15, 0.2) is 0 Å². The van der Waals surface area contributed by atoms with Crippen LogP contribution in [0.1, 0.15) is 11.3 Å². The first-order valence-corrected chi connectivity index (χ1v) is 6.69. The van der Waals surface area contributed by atoms with E-state index in [-0.39, 0.29) is 0 Å². The second-order valence-electron chi connectivity index (χ2n) is 4.84. The summed E-state index contributed by atoms with van der Waals surface area (Å²) in [7, 11) is 1.87. The van der Waals surface area contributed by atoms with Gasteiger partial charge in [-0.2, -0.15) is 5.10 Å². The van der Waals surface area contributed by atoms with E-state index in [0.29, 0.717) is 19.8 Å². The fourth-order valence-electron chi connectivity index (χ4n) is 1.95. The molecule has 0 aliphatic heterocycles. The molecule has 0 saturated carbocycles. The van der Waals surface area contributed by atoms with Gasteiger partial charge in [-0.05, 0) is 12.5 Å². The molecule has 5 heteroatoms. The van der Waals surface area contributed by atoms with Crippen LogP contribution in [0.15, 0.2) is 36.5 Å². The van der Waals surface area contributed by atoms with Gasteiger partial charge >= 0.3 is 0 Å². The Morgan fingerprint density at radius 2 is 2.10 bits per heavy atom. The van der Waals surface area contributed by atoms with Crippen molar-refractivity contribution in [2.75, 3.05) is 18.5 Å². The Morgan fingerprint density at radius 3 is 2.75 bits per heavy atom. The van der Waals surface area contributed by atoms with Crippen molar-refractivity contribution in [2.45, 2.75) is 19.6 Å². The maximum atomic E-state index is 9.87. The van der Waals surface area contributed by atoms with Gasteiger partial charge in [-0.25, -0.2) is 0 Å². The van der Waals surface area contributed by atoms with Crippen LogP contribution in [0.2, 0.25) is 0 Å². The second kappa shape index (κ2) is 7.07. The molecule has 0 amide bonds. The highest BCUT2D eigenvalue weighted by Crippen LogP contribution is 2.11. The number of benzene rings is 1. The molecule has 0 saturated heterocycles. The molecule has 0 spiro atoms. The zero-order chi connectivity index (χ0) is 14.4. The third-order valence-electron chi connectivity index (χ3n) is 2.96. The number of aromatic nitrogens is 2. The fourth-order valence-corrected chi connectivity index (χ4v) is 1.95. The van der Waals surface area contributed by atoms with Crippen molar-refractivity contribution < 1.29 is 9.84 Å². The molecule has 2 rings (SSSR count). The van der Waals surface area contributed by atoms with Crippen LogP contribution in [0.25, 0.3) is 0 Å². The Hall–Kier alpha value is -1.85. The third-order valence-corrected chi connectivity index (χ3v) is 2.96. The van der Waals surface area contributed by atoms with Crippen molar-refractivity contribution in [1.82, 2.24) is 9.78 Å². The number of nitrogens with zero attached hydrogens (tertiary/aromatic N) is 2. The lowest BCUT2D eigenvalue weighted by Gasteiger charge is -2.12. The molecule has 2 aromatic rings. The van der Waals surface area contributed by atoms with E-state index in [2.05, 4.69) is 10.4 Å². The van der Waals surface area contributed by atoms with E-state index >= 15 is 0 Å². The standard InChI is InChI=1S/C15H21N3O2/c1-12-15(9-18(2)17-12)16-8-14(19)11-20-10-13-6-4-3-5-7-13/h3-7,9,14,16,19H,8,10-11H2,1-2H3.